The van der Waals surface area contributed by atoms with Gasteiger partial charge in [0.15, 0.2) is 5.75 Å². The normalized spacial score (nSPS) is 24.5. The van der Waals surface area contributed by atoms with Crippen molar-refractivity contribution in [2.75, 3.05) is 13.7 Å². The zero-order valence-electron chi connectivity index (χ0n) is 11.9. The summed E-state index contributed by atoms with van der Waals surface area (Å²) in [5.74, 6) is 1.72. The van der Waals surface area contributed by atoms with Crippen LogP contribution in [0.3, 0.4) is 0 Å². The number of ether oxygens (including phenoxy) is 1. The first-order valence-corrected chi connectivity index (χ1v) is 6.95. The van der Waals surface area contributed by atoms with E-state index < -0.39 is 0 Å². The van der Waals surface area contributed by atoms with E-state index in [0.717, 1.165) is 24.6 Å². The second-order valence-electron chi connectivity index (χ2n) is 5.69. The molecule has 0 radical (unpaired) electrons. The molecule has 0 spiro atoms. The summed E-state index contributed by atoms with van der Waals surface area (Å²) in [4.78, 5) is 0. The van der Waals surface area contributed by atoms with Gasteiger partial charge in [-0.1, -0.05) is 6.92 Å². The SMILES string of the molecule is COc1cnn(C(C)C)c1CC1CCC(C)CN1. The second-order valence-corrected chi connectivity index (χ2v) is 5.69. The minimum absolute atomic E-state index is 0.381. The van der Waals surface area contributed by atoms with Crippen molar-refractivity contribution >= 4 is 0 Å². The maximum absolute atomic E-state index is 5.43. The van der Waals surface area contributed by atoms with Gasteiger partial charge in [0.2, 0.25) is 0 Å². The number of rotatable bonds is 4. The van der Waals surface area contributed by atoms with Gasteiger partial charge in [-0.15, -0.1) is 0 Å². The third kappa shape index (κ3) is 2.86. The Morgan fingerprint density at radius 2 is 2.28 bits per heavy atom. The van der Waals surface area contributed by atoms with Gasteiger partial charge < -0.3 is 10.1 Å². The molecule has 1 aromatic heterocycles. The van der Waals surface area contributed by atoms with Crippen LogP contribution in [-0.2, 0) is 6.42 Å². The third-order valence-corrected chi connectivity index (χ3v) is 3.77. The lowest BCUT2D eigenvalue weighted by atomic mass is 9.94. The predicted octanol–water partition coefficient (Wildman–Crippen LogP) is 2.40. The van der Waals surface area contributed by atoms with Gasteiger partial charge in [-0.3, -0.25) is 4.68 Å². The zero-order valence-corrected chi connectivity index (χ0v) is 11.9. The van der Waals surface area contributed by atoms with E-state index in [4.69, 9.17) is 4.74 Å². The molecule has 1 saturated heterocycles. The highest BCUT2D eigenvalue weighted by Gasteiger charge is 2.22. The molecule has 1 aliphatic heterocycles. The molecule has 1 fully saturated rings. The van der Waals surface area contributed by atoms with Crippen LogP contribution < -0.4 is 10.1 Å². The van der Waals surface area contributed by atoms with Crippen molar-refractivity contribution in [3.05, 3.63) is 11.9 Å². The highest BCUT2D eigenvalue weighted by Crippen LogP contribution is 2.25. The molecule has 2 unspecified atom stereocenters. The van der Waals surface area contributed by atoms with Gasteiger partial charge in [0.25, 0.3) is 0 Å². The summed E-state index contributed by atoms with van der Waals surface area (Å²) in [7, 11) is 1.72. The smallest absolute Gasteiger partial charge is 0.160 e. The summed E-state index contributed by atoms with van der Waals surface area (Å²) in [6, 6.07) is 0.940. The Morgan fingerprint density at radius 3 is 2.83 bits per heavy atom. The minimum Gasteiger partial charge on any atom is -0.493 e. The molecule has 0 aromatic carbocycles. The first kappa shape index (κ1) is 13.4. The molecule has 0 bridgehead atoms. The van der Waals surface area contributed by atoms with Crippen molar-refractivity contribution in [1.29, 1.82) is 0 Å². The number of aromatic nitrogens is 2. The van der Waals surface area contributed by atoms with Crippen molar-refractivity contribution in [2.24, 2.45) is 5.92 Å². The molecule has 102 valence electrons. The van der Waals surface area contributed by atoms with Gasteiger partial charge in [-0.25, -0.2) is 0 Å². The number of hydrogen-bond donors (Lipinski definition) is 1. The number of nitrogens with one attached hydrogen (secondary N) is 1. The Morgan fingerprint density at radius 1 is 1.50 bits per heavy atom. The topological polar surface area (TPSA) is 39.1 Å². The Balaban J connectivity index is 2.09. The van der Waals surface area contributed by atoms with Crippen LogP contribution in [-0.4, -0.2) is 29.5 Å². The summed E-state index contributed by atoms with van der Waals surface area (Å²) in [6.45, 7) is 7.75. The predicted molar refractivity (Wildman–Crippen MR) is 73.1 cm³/mol. The second kappa shape index (κ2) is 5.74. The van der Waals surface area contributed by atoms with E-state index in [-0.39, 0.29) is 0 Å². The number of hydrogen-bond acceptors (Lipinski definition) is 3. The first-order chi connectivity index (χ1) is 8.61. The molecule has 2 atom stereocenters. The average Bonchev–Trinajstić information content (AvgIpc) is 2.75. The molecular weight excluding hydrogens is 226 g/mol. The fourth-order valence-electron chi connectivity index (χ4n) is 2.65. The van der Waals surface area contributed by atoms with Gasteiger partial charge in [0.1, 0.15) is 0 Å². The van der Waals surface area contributed by atoms with Gasteiger partial charge in [0, 0.05) is 18.5 Å². The van der Waals surface area contributed by atoms with Gasteiger partial charge in [-0.2, -0.15) is 5.10 Å². The molecule has 4 heteroatoms. The Hall–Kier alpha value is -1.03. The van der Waals surface area contributed by atoms with Crippen molar-refractivity contribution in [3.8, 4) is 5.75 Å². The molecule has 18 heavy (non-hydrogen) atoms. The van der Waals surface area contributed by atoms with Crippen LogP contribution in [0, 0.1) is 5.92 Å². The molecule has 0 aliphatic carbocycles. The van der Waals surface area contributed by atoms with Gasteiger partial charge >= 0.3 is 0 Å². The molecule has 0 amide bonds. The van der Waals surface area contributed by atoms with Crippen LogP contribution >= 0.6 is 0 Å². The summed E-state index contributed by atoms with van der Waals surface area (Å²) < 4.78 is 7.51. The number of nitrogens with zero attached hydrogens (tertiary/aromatic N) is 2. The van der Waals surface area contributed by atoms with Crippen molar-refractivity contribution < 1.29 is 4.74 Å². The fraction of sp³-hybridized carbons (Fsp3) is 0.786. The van der Waals surface area contributed by atoms with Crippen LogP contribution in [0.25, 0.3) is 0 Å². The highest BCUT2D eigenvalue weighted by atomic mass is 16.5. The summed E-state index contributed by atoms with van der Waals surface area (Å²) in [6.07, 6.45) is 5.40. The molecular formula is C14H25N3O. The lowest BCUT2D eigenvalue weighted by Gasteiger charge is -2.28. The Kier molecular flexibility index (Phi) is 4.27. The lowest BCUT2D eigenvalue weighted by molar-refractivity contribution is 0.316. The summed E-state index contributed by atoms with van der Waals surface area (Å²) >= 11 is 0. The van der Waals surface area contributed by atoms with Crippen molar-refractivity contribution in [3.63, 3.8) is 0 Å². The van der Waals surface area contributed by atoms with E-state index in [1.807, 2.05) is 6.20 Å². The Labute approximate surface area is 110 Å². The molecule has 2 heterocycles. The molecule has 1 aromatic rings. The van der Waals surface area contributed by atoms with Crippen LogP contribution in [0.1, 0.15) is 45.3 Å². The number of piperidine rings is 1. The van der Waals surface area contributed by atoms with E-state index in [1.165, 1.54) is 18.5 Å². The van der Waals surface area contributed by atoms with Crippen LogP contribution in [0.15, 0.2) is 6.20 Å². The molecule has 4 nitrogen and oxygen atoms in total. The van der Waals surface area contributed by atoms with Crippen LogP contribution in [0.5, 0.6) is 5.75 Å². The monoisotopic (exact) mass is 251 g/mol. The van der Waals surface area contributed by atoms with Crippen LogP contribution in [0.4, 0.5) is 0 Å². The first-order valence-electron chi connectivity index (χ1n) is 6.95. The zero-order chi connectivity index (χ0) is 13.1. The van der Waals surface area contributed by atoms with Crippen molar-refractivity contribution in [2.45, 2.75) is 52.1 Å². The Bertz CT molecular complexity index is 378. The van der Waals surface area contributed by atoms with Gasteiger partial charge in [-0.05, 0) is 39.2 Å². The summed E-state index contributed by atoms with van der Waals surface area (Å²) in [5.41, 5.74) is 1.22. The molecule has 0 saturated carbocycles. The van der Waals surface area contributed by atoms with E-state index in [0.29, 0.717) is 12.1 Å². The number of methoxy groups -OCH3 is 1. The van der Waals surface area contributed by atoms with E-state index >= 15 is 0 Å². The minimum atomic E-state index is 0.381. The van der Waals surface area contributed by atoms with E-state index in [2.05, 4.69) is 35.9 Å². The van der Waals surface area contributed by atoms with Crippen molar-refractivity contribution in [1.82, 2.24) is 15.1 Å². The largest absolute Gasteiger partial charge is 0.493 e. The molecule has 1 N–H and O–H groups in total. The standard InChI is InChI=1S/C14H25N3O/c1-10(2)17-13(14(18-4)9-16-17)7-12-6-5-11(3)8-15-12/h9-12,15H,5-8H2,1-4H3. The maximum atomic E-state index is 5.43. The third-order valence-electron chi connectivity index (χ3n) is 3.77. The fourth-order valence-corrected chi connectivity index (χ4v) is 2.65. The maximum Gasteiger partial charge on any atom is 0.160 e. The van der Waals surface area contributed by atoms with E-state index in [1.54, 1.807) is 7.11 Å². The van der Waals surface area contributed by atoms with Crippen LogP contribution in [0.2, 0.25) is 0 Å². The lowest BCUT2D eigenvalue weighted by Crippen LogP contribution is -2.39. The molecule has 1 aliphatic rings. The molecule has 2 rings (SSSR count). The van der Waals surface area contributed by atoms with Gasteiger partial charge in [0.05, 0.1) is 19.0 Å². The van der Waals surface area contributed by atoms with E-state index in [9.17, 15) is 0 Å². The quantitative estimate of drug-likeness (QED) is 0.893. The summed E-state index contributed by atoms with van der Waals surface area (Å²) in [5, 5.41) is 8.06. The highest BCUT2D eigenvalue weighted by molar-refractivity contribution is 5.26. The average molecular weight is 251 g/mol.